The Hall–Kier alpha value is -4.80. The first-order valence-corrected chi connectivity index (χ1v) is 10.0. The average Bonchev–Trinajstić information content (AvgIpc) is 2.82. The van der Waals surface area contributed by atoms with Crippen LogP contribution in [-0.2, 0) is 6.18 Å². The number of carboxylic acids is 1. The molecule has 0 atom stereocenters. The highest BCUT2D eigenvalue weighted by molar-refractivity contribution is 5.89. The number of nitrogens with zero attached hydrogens (tertiary/aromatic N) is 4. The van der Waals surface area contributed by atoms with Gasteiger partial charge in [-0.1, -0.05) is 18.2 Å². The summed E-state index contributed by atoms with van der Waals surface area (Å²) in [5.74, 6) is -1.32. The lowest BCUT2D eigenvalue weighted by atomic mass is 10.1. The van der Waals surface area contributed by atoms with Crippen molar-refractivity contribution in [3.8, 4) is 17.0 Å². The number of aromatic hydroxyl groups is 1. The lowest BCUT2D eigenvalue weighted by molar-refractivity contribution is -0.137. The zero-order valence-electron chi connectivity index (χ0n) is 17.7. The molecule has 4 rings (SSSR count). The monoisotopic (exact) mass is 479 g/mol. The number of phenolic OH excluding ortho intramolecular Hbond substituents is 1. The van der Waals surface area contributed by atoms with Gasteiger partial charge in [-0.3, -0.25) is 0 Å². The minimum atomic E-state index is -4.43. The molecule has 8 nitrogen and oxygen atoms in total. The van der Waals surface area contributed by atoms with E-state index in [2.05, 4.69) is 25.5 Å². The average molecular weight is 479 g/mol. The first kappa shape index (κ1) is 23.4. The number of anilines is 2. The Morgan fingerprint density at radius 1 is 0.943 bits per heavy atom. The van der Waals surface area contributed by atoms with Gasteiger partial charge in [0.1, 0.15) is 5.75 Å². The van der Waals surface area contributed by atoms with Crippen molar-refractivity contribution >= 4 is 29.0 Å². The van der Waals surface area contributed by atoms with Gasteiger partial charge in [-0.2, -0.15) is 18.3 Å². The molecule has 1 aromatic heterocycles. The summed E-state index contributed by atoms with van der Waals surface area (Å²) in [4.78, 5) is 19.7. The fourth-order valence-electron chi connectivity index (χ4n) is 3.11. The molecular formula is C24H16F3N5O3. The van der Waals surface area contributed by atoms with Crippen LogP contribution in [0.5, 0.6) is 5.75 Å². The molecule has 0 amide bonds. The number of hydrogen-bond donors (Lipinski definition) is 3. The third-order valence-electron chi connectivity index (χ3n) is 4.73. The van der Waals surface area contributed by atoms with E-state index in [0.717, 1.165) is 18.2 Å². The number of hydrogen-bond acceptors (Lipinski definition) is 7. The highest BCUT2D eigenvalue weighted by Crippen LogP contribution is 2.33. The fraction of sp³-hybridized carbons (Fsp3) is 0.0417. The van der Waals surface area contributed by atoms with Crippen LogP contribution in [0.3, 0.4) is 0 Å². The zero-order chi connectivity index (χ0) is 25.0. The lowest BCUT2D eigenvalue weighted by Crippen LogP contribution is -2.04. The minimum absolute atomic E-state index is 0.137. The molecule has 0 aliphatic carbocycles. The molecule has 0 fully saturated rings. The van der Waals surface area contributed by atoms with E-state index in [0.29, 0.717) is 22.6 Å². The van der Waals surface area contributed by atoms with Gasteiger partial charge in [0.05, 0.1) is 28.2 Å². The summed E-state index contributed by atoms with van der Waals surface area (Å²) in [6.07, 6.45) is -2.95. The predicted octanol–water partition coefficient (Wildman–Crippen LogP) is 6.73. The molecule has 35 heavy (non-hydrogen) atoms. The van der Waals surface area contributed by atoms with E-state index in [1.807, 2.05) is 0 Å². The van der Waals surface area contributed by atoms with Crippen molar-refractivity contribution in [1.29, 1.82) is 0 Å². The summed E-state index contributed by atoms with van der Waals surface area (Å²) in [6.45, 7) is 0. The third-order valence-corrected chi connectivity index (χ3v) is 4.73. The van der Waals surface area contributed by atoms with E-state index < -0.39 is 17.7 Å². The van der Waals surface area contributed by atoms with Gasteiger partial charge in [-0.05, 0) is 48.5 Å². The maximum absolute atomic E-state index is 12.8. The summed E-state index contributed by atoms with van der Waals surface area (Å²) < 4.78 is 38.3. The number of alkyl halides is 3. The normalized spacial score (nSPS) is 11.5. The van der Waals surface area contributed by atoms with Crippen LogP contribution in [-0.4, -0.2) is 26.2 Å². The van der Waals surface area contributed by atoms with Crippen LogP contribution in [0.4, 0.5) is 36.2 Å². The van der Waals surface area contributed by atoms with Gasteiger partial charge in [0.2, 0.25) is 5.95 Å². The maximum atomic E-state index is 12.8. The lowest BCUT2D eigenvalue weighted by Gasteiger charge is -2.10. The molecule has 11 heteroatoms. The van der Waals surface area contributed by atoms with E-state index in [9.17, 15) is 23.1 Å². The number of halogens is 3. The molecule has 0 spiro atoms. The van der Waals surface area contributed by atoms with Crippen molar-refractivity contribution in [2.24, 2.45) is 10.2 Å². The highest BCUT2D eigenvalue weighted by Gasteiger charge is 2.29. The molecule has 3 aromatic carbocycles. The summed E-state index contributed by atoms with van der Waals surface area (Å²) in [5, 5.41) is 29.9. The Kier molecular flexibility index (Phi) is 6.40. The number of carboxylic acid groups (broad SMARTS) is 1. The van der Waals surface area contributed by atoms with Crippen molar-refractivity contribution in [2.45, 2.75) is 6.18 Å². The summed E-state index contributed by atoms with van der Waals surface area (Å²) in [6, 6.07) is 16.6. The molecule has 0 bridgehead atoms. The summed E-state index contributed by atoms with van der Waals surface area (Å²) in [7, 11) is 0. The van der Waals surface area contributed by atoms with Crippen LogP contribution < -0.4 is 5.32 Å². The van der Waals surface area contributed by atoms with Crippen molar-refractivity contribution in [3.05, 3.63) is 90.1 Å². The smallest absolute Gasteiger partial charge is 0.416 e. The molecule has 1 heterocycles. The Morgan fingerprint density at radius 2 is 1.69 bits per heavy atom. The van der Waals surface area contributed by atoms with Crippen molar-refractivity contribution < 1.29 is 28.2 Å². The van der Waals surface area contributed by atoms with Gasteiger partial charge in [0, 0.05) is 23.5 Å². The van der Waals surface area contributed by atoms with Crippen LogP contribution in [0, 0.1) is 0 Å². The molecule has 0 unspecified atom stereocenters. The topological polar surface area (TPSA) is 120 Å². The molecule has 0 saturated carbocycles. The van der Waals surface area contributed by atoms with Gasteiger partial charge in [-0.15, -0.1) is 5.11 Å². The minimum Gasteiger partial charge on any atom is -0.508 e. The van der Waals surface area contributed by atoms with Gasteiger partial charge in [0.25, 0.3) is 0 Å². The first-order valence-electron chi connectivity index (χ1n) is 10.0. The second-order valence-electron chi connectivity index (χ2n) is 7.23. The van der Waals surface area contributed by atoms with E-state index in [4.69, 9.17) is 5.11 Å². The molecule has 0 saturated heterocycles. The second kappa shape index (κ2) is 9.59. The van der Waals surface area contributed by atoms with E-state index in [-0.39, 0.29) is 22.9 Å². The highest BCUT2D eigenvalue weighted by atomic mass is 19.4. The molecule has 176 valence electrons. The van der Waals surface area contributed by atoms with Gasteiger partial charge in [-0.25, -0.2) is 14.8 Å². The van der Waals surface area contributed by atoms with E-state index in [1.165, 1.54) is 30.5 Å². The van der Waals surface area contributed by atoms with Gasteiger partial charge < -0.3 is 15.5 Å². The van der Waals surface area contributed by atoms with E-state index in [1.54, 1.807) is 30.3 Å². The fourth-order valence-corrected chi connectivity index (χ4v) is 3.11. The Balaban J connectivity index is 1.60. The predicted molar refractivity (Wildman–Crippen MR) is 121 cm³/mol. The zero-order valence-corrected chi connectivity index (χ0v) is 17.7. The number of aromatic nitrogens is 2. The van der Waals surface area contributed by atoms with Crippen molar-refractivity contribution in [1.82, 2.24) is 9.97 Å². The number of aromatic carboxylic acids is 1. The van der Waals surface area contributed by atoms with Gasteiger partial charge >= 0.3 is 12.1 Å². The number of nitrogens with one attached hydrogen (secondary N) is 1. The third kappa shape index (κ3) is 5.77. The first-order chi connectivity index (χ1) is 16.7. The Bertz CT molecular complexity index is 1410. The Labute approximate surface area is 196 Å². The second-order valence-corrected chi connectivity index (χ2v) is 7.23. The summed E-state index contributed by atoms with van der Waals surface area (Å²) >= 11 is 0. The maximum Gasteiger partial charge on any atom is 0.416 e. The van der Waals surface area contributed by atoms with Crippen molar-refractivity contribution in [3.63, 3.8) is 0 Å². The largest absolute Gasteiger partial charge is 0.508 e. The van der Waals surface area contributed by atoms with E-state index >= 15 is 0 Å². The molecule has 3 N–H and O–H groups in total. The quantitative estimate of drug-likeness (QED) is 0.264. The molecule has 0 aliphatic heterocycles. The number of benzene rings is 3. The number of carbonyl (C=O) groups is 1. The SMILES string of the molecule is O=C(O)c1cc(O)cc(/N=N/c2ccccc2-c2ccnc(Nc3ccc(C(F)(F)F)cc3)n2)c1. The number of phenols is 1. The van der Waals surface area contributed by atoms with Crippen LogP contribution in [0.15, 0.2) is 89.2 Å². The summed E-state index contributed by atoms with van der Waals surface area (Å²) in [5.41, 5.74) is 1.07. The Morgan fingerprint density at radius 3 is 2.40 bits per heavy atom. The van der Waals surface area contributed by atoms with Crippen LogP contribution >= 0.6 is 0 Å². The van der Waals surface area contributed by atoms with Crippen LogP contribution in [0.1, 0.15) is 15.9 Å². The van der Waals surface area contributed by atoms with Crippen LogP contribution in [0.25, 0.3) is 11.3 Å². The molecule has 0 radical (unpaired) electrons. The standard InChI is InChI=1S/C24H16F3N5O3/c25-24(26,27)15-5-7-16(8-6-15)29-23-28-10-9-20(30-23)19-3-1-2-4-21(19)32-31-17-11-14(22(34)35)12-18(33)13-17/h1-13,33H,(H,34,35)(H,28,29,30)/b32-31+. The number of rotatable bonds is 6. The molecule has 0 aliphatic rings. The number of azo groups is 1. The van der Waals surface area contributed by atoms with Crippen LogP contribution in [0.2, 0.25) is 0 Å². The molecule has 4 aromatic rings. The van der Waals surface area contributed by atoms with Crippen molar-refractivity contribution in [2.75, 3.05) is 5.32 Å². The van der Waals surface area contributed by atoms with Gasteiger partial charge in [0.15, 0.2) is 0 Å². The molecular weight excluding hydrogens is 463 g/mol.